The quantitative estimate of drug-likeness (QED) is 0.472. The van der Waals surface area contributed by atoms with Crippen molar-refractivity contribution in [2.75, 3.05) is 26.3 Å². The number of aromatic nitrogens is 3. The fourth-order valence-electron chi connectivity index (χ4n) is 4.30. The van der Waals surface area contributed by atoms with Gasteiger partial charge in [-0.05, 0) is 42.2 Å². The van der Waals surface area contributed by atoms with E-state index in [-0.39, 0.29) is 25.2 Å². The van der Waals surface area contributed by atoms with Crippen LogP contribution in [0.5, 0.6) is 5.75 Å². The van der Waals surface area contributed by atoms with Gasteiger partial charge in [-0.3, -0.25) is 9.69 Å². The van der Waals surface area contributed by atoms with E-state index in [1.807, 2.05) is 18.2 Å². The standard InChI is InChI=1S/C25H33N5O4/c1-18(2)15-21(26-25(32)22-7-4-13-34-22)24-28-27-23-8-9-29(10-11-30(23)24)17-19-5-3-6-20(16-19)33-14-12-31/h3-7,13,16,18,21,31H,8-12,14-15,17H2,1-2H3,(H,26,32). The third kappa shape index (κ3) is 6.03. The predicted octanol–water partition coefficient (Wildman–Crippen LogP) is 2.82. The molecule has 0 aliphatic carbocycles. The maximum Gasteiger partial charge on any atom is 0.287 e. The summed E-state index contributed by atoms with van der Waals surface area (Å²) >= 11 is 0. The van der Waals surface area contributed by atoms with E-state index in [1.54, 1.807) is 12.1 Å². The molecule has 3 aromatic rings. The smallest absolute Gasteiger partial charge is 0.287 e. The summed E-state index contributed by atoms with van der Waals surface area (Å²) in [6, 6.07) is 11.1. The molecule has 2 aromatic heterocycles. The molecule has 9 nitrogen and oxygen atoms in total. The zero-order valence-electron chi connectivity index (χ0n) is 19.8. The molecule has 0 spiro atoms. The number of ether oxygens (including phenoxy) is 1. The highest BCUT2D eigenvalue weighted by atomic mass is 16.5. The first-order valence-corrected chi connectivity index (χ1v) is 11.8. The number of carbonyl (C=O) groups excluding carboxylic acids is 1. The maximum atomic E-state index is 12.7. The van der Waals surface area contributed by atoms with Crippen LogP contribution in [0.15, 0.2) is 47.1 Å². The van der Waals surface area contributed by atoms with E-state index in [2.05, 4.69) is 44.9 Å². The molecule has 182 valence electrons. The number of carbonyl (C=O) groups is 1. The molecule has 1 amide bonds. The molecule has 1 aromatic carbocycles. The SMILES string of the molecule is CC(C)CC(NC(=O)c1ccco1)c1nnc2n1CCN(Cc1cccc(OCCO)c1)CC2. The molecule has 0 saturated carbocycles. The second-order valence-electron chi connectivity index (χ2n) is 9.00. The third-order valence-corrected chi connectivity index (χ3v) is 5.88. The molecule has 0 saturated heterocycles. The van der Waals surface area contributed by atoms with Gasteiger partial charge in [0.15, 0.2) is 11.6 Å². The van der Waals surface area contributed by atoms with E-state index in [9.17, 15) is 4.79 Å². The van der Waals surface area contributed by atoms with Crippen LogP contribution < -0.4 is 10.1 Å². The van der Waals surface area contributed by atoms with E-state index in [4.69, 9.17) is 14.3 Å². The van der Waals surface area contributed by atoms with Crippen LogP contribution in [0.2, 0.25) is 0 Å². The molecule has 1 aliphatic heterocycles. The predicted molar refractivity (Wildman–Crippen MR) is 126 cm³/mol. The maximum absolute atomic E-state index is 12.7. The number of fused-ring (bicyclic) bond motifs is 1. The summed E-state index contributed by atoms with van der Waals surface area (Å²) in [4.78, 5) is 15.1. The fourth-order valence-corrected chi connectivity index (χ4v) is 4.30. The third-order valence-electron chi connectivity index (χ3n) is 5.88. The molecular formula is C25H33N5O4. The largest absolute Gasteiger partial charge is 0.491 e. The summed E-state index contributed by atoms with van der Waals surface area (Å²) in [7, 11) is 0. The van der Waals surface area contributed by atoms with Crippen molar-refractivity contribution in [1.82, 2.24) is 25.0 Å². The minimum absolute atomic E-state index is 0.00203. The number of benzene rings is 1. The monoisotopic (exact) mass is 467 g/mol. The van der Waals surface area contributed by atoms with Crippen molar-refractivity contribution in [2.45, 2.75) is 45.8 Å². The van der Waals surface area contributed by atoms with Crippen LogP contribution in [0.1, 0.15) is 54.1 Å². The van der Waals surface area contributed by atoms with Gasteiger partial charge in [0.25, 0.3) is 5.91 Å². The number of aliphatic hydroxyl groups excluding tert-OH is 1. The van der Waals surface area contributed by atoms with Gasteiger partial charge >= 0.3 is 0 Å². The van der Waals surface area contributed by atoms with Crippen LogP contribution in [0.4, 0.5) is 0 Å². The number of hydrogen-bond acceptors (Lipinski definition) is 7. The first-order chi connectivity index (χ1) is 16.5. The number of rotatable bonds is 10. The van der Waals surface area contributed by atoms with Crippen molar-refractivity contribution >= 4 is 5.91 Å². The molecule has 34 heavy (non-hydrogen) atoms. The number of nitrogens with one attached hydrogen (secondary N) is 1. The molecule has 0 bridgehead atoms. The number of nitrogens with zero attached hydrogens (tertiary/aromatic N) is 4. The molecule has 3 heterocycles. The lowest BCUT2D eigenvalue weighted by Gasteiger charge is -2.22. The lowest BCUT2D eigenvalue weighted by molar-refractivity contribution is 0.0900. The van der Waals surface area contributed by atoms with Crippen molar-refractivity contribution in [3.63, 3.8) is 0 Å². The van der Waals surface area contributed by atoms with Crippen molar-refractivity contribution in [2.24, 2.45) is 5.92 Å². The molecule has 0 radical (unpaired) electrons. The Morgan fingerprint density at radius 1 is 1.21 bits per heavy atom. The van der Waals surface area contributed by atoms with E-state index in [1.165, 1.54) is 6.26 Å². The number of furan rings is 1. The fraction of sp³-hybridized carbons (Fsp3) is 0.480. The molecule has 0 fully saturated rings. The number of amides is 1. The summed E-state index contributed by atoms with van der Waals surface area (Å²) in [6.07, 6.45) is 3.04. The van der Waals surface area contributed by atoms with E-state index < -0.39 is 0 Å². The van der Waals surface area contributed by atoms with Gasteiger partial charge in [0, 0.05) is 32.6 Å². The van der Waals surface area contributed by atoms with Gasteiger partial charge in [-0.25, -0.2) is 0 Å². The first kappa shape index (κ1) is 24.0. The molecule has 2 N–H and O–H groups in total. The van der Waals surface area contributed by atoms with Crippen molar-refractivity contribution in [3.8, 4) is 5.75 Å². The Labute approximate surface area is 199 Å². The Bertz CT molecular complexity index is 1060. The lowest BCUT2D eigenvalue weighted by Crippen LogP contribution is -2.32. The Balaban J connectivity index is 1.45. The number of hydrogen-bond donors (Lipinski definition) is 2. The van der Waals surface area contributed by atoms with Crippen LogP contribution in [0.3, 0.4) is 0 Å². The minimum atomic E-state index is -0.245. The topological polar surface area (TPSA) is 106 Å². The summed E-state index contributed by atoms with van der Waals surface area (Å²) in [6.45, 7) is 7.82. The molecular weight excluding hydrogens is 434 g/mol. The molecule has 9 heteroatoms. The van der Waals surface area contributed by atoms with Crippen molar-refractivity contribution in [3.05, 3.63) is 65.6 Å². The second kappa shape index (κ2) is 11.3. The molecule has 4 rings (SSSR count). The van der Waals surface area contributed by atoms with Crippen LogP contribution in [-0.2, 0) is 19.5 Å². The average Bonchev–Trinajstić information content (AvgIpc) is 3.46. The zero-order valence-corrected chi connectivity index (χ0v) is 19.8. The van der Waals surface area contributed by atoms with Crippen LogP contribution in [-0.4, -0.2) is 57.0 Å². The van der Waals surface area contributed by atoms with Gasteiger partial charge in [0.2, 0.25) is 0 Å². The molecule has 1 atom stereocenters. The van der Waals surface area contributed by atoms with E-state index >= 15 is 0 Å². The summed E-state index contributed by atoms with van der Waals surface area (Å²) in [5, 5.41) is 21.0. The molecule has 1 unspecified atom stereocenters. The van der Waals surface area contributed by atoms with Crippen LogP contribution in [0, 0.1) is 5.92 Å². The van der Waals surface area contributed by atoms with Gasteiger partial charge in [-0.15, -0.1) is 10.2 Å². The summed E-state index contributed by atoms with van der Waals surface area (Å²) < 4.78 is 13.0. The van der Waals surface area contributed by atoms with Gasteiger partial charge in [-0.1, -0.05) is 26.0 Å². The highest BCUT2D eigenvalue weighted by Crippen LogP contribution is 2.23. The Kier molecular flexibility index (Phi) is 7.97. The van der Waals surface area contributed by atoms with Gasteiger partial charge in [-0.2, -0.15) is 0 Å². The number of aliphatic hydroxyl groups is 1. The Hall–Kier alpha value is -3.17. The summed E-state index contributed by atoms with van der Waals surface area (Å²) in [5.74, 6) is 2.93. The van der Waals surface area contributed by atoms with Crippen LogP contribution >= 0.6 is 0 Å². The van der Waals surface area contributed by atoms with Gasteiger partial charge in [0.1, 0.15) is 18.2 Å². The molecule has 1 aliphatic rings. The first-order valence-electron chi connectivity index (χ1n) is 11.8. The second-order valence-corrected chi connectivity index (χ2v) is 9.00. The summed E-state index contributed by atoms with van der Waals surface area (Å²) in [5.41, 5.74) is 1.16. The van der Waals surface area contributed by atoms with Gasteiger partial charge in [0.05, 0.1) is 18.9 Å². The average molecular weight is 468 g/mol. The zero-order chi connectivity index (χ0) is 23.9. The lowest BCUT2D eigenvalue weighted by atomic mass is 10.0. The van der Waals surface area contributed by atoms with Crippen LogP contribution in [0.25, 0.3) is 0 Å². The van der Waals surface area contributed by atoms with Gasteiger partial charge < -0.3 is 24.1 Å². The highest BCUT2D eigenvalue weighted by Gasteiger charge is 2.27. The normalized spacial score (nSPS) is 15.1. The van der Waals surface area contributed by atoms with Crippen molar-refractivity contribution < 1.29 is 19.1 Å². The highest BCUT2D eigenvalue weighted by molar-refractivity contribution is 5.91. The minimum Gasteiger partial charge on any atom is -0.491 e. The van der Waals surface area contributed by atoms with E-state index in [0.29, 0.717) is 11.7 Å². The van der Waals surface area contributed by atoms with E-state index in [0.717, 1.165) is 62.0 Å². The van der Waals surface area contributed by atoms with Crippen molar-refractivity contribution in [1.29, 1.82) is 0 Å². The Morgan fingerprint density at radius 3 is 2.85 bits per heavy atom. The Morgan fingerprint density at radius 2 is 2.09 bits per heavy atom.